The second kappa shape index (κ2) is 4.87. The summed E-state index contributed by atoms with van der Waals surface area (Å²) in [5, 5.41) is 0. The molecule has 1 amide bonds. The number of carbonyl (C=O) groups excluding carboxylic acids is 1. The van der Waals surface area contributed by atoms with Crippen molar-refractivity contribution in [3.63, 3.8) is 0 Å². The molecule has 0 atom stereocenters. The molecule has 1 heterocycles. The molecule has 2 rings (SSSR count). The van der Waals surface area contributed by atoms with Gasteiger partial charge in [0.05, 0.1) is 11.9 Å². The molecular formula is C14H15N3O. The first-order valence-electron chi connectivity index (χ1n) is 5.64. The average Bonchev–Trinajstić information content (AvgIpc) is 2.41. The van der Waals surface area contributed by atoms with E-state index in [1.807, 2.05) is 19.1 Å². The van der Waals surface area contributed by atoms with Crippen LogP contribution in [0.1, 0.15) is 15.9 Å². The number of benzene rings is 1. The Balaban J connectivity index is 2.34. The summed E-state index contributed by atoms with van der Waals surface area (Å²) < 4.78 is 0. The number of anilines is 2. The Morgan fingerprint density at radius 2 is 2.11 bits per heavy atom. The molecule has 0 aliphatic carbocycles. The van der Waals surface area contributed by atoms with Crippen molar-refractivity contribution in [2.45, 2.75) is 6.92 Å². The van der Waals surface area contributed by atoms with E-state index in [0.29, 0.717) is 11.3 Å². The number of aryl methyl sites for hydroxylation is 1. The monoisotopic (exact) mass is 241 g/mol. The molecule has 0 saturated heterocycles. The molecule has 0 bridgehead atoms. The summed E-state index contributed by atoms with van der Waals surface area (Å²) in [5.74, 6) is -0.0900. The van der Waals surface area contributed by atoms with Crippen molar-refractivity contribution >= 4 is 17.3 Å². The van der Waals surface area contributed by atoms with Crippen LogP contribution in [0, 0.1) is 6.92 Å². The number of nitrogens with two attached hydrogens (primary N) is 1. The second-order valence-electron chi connectivity index (χ2n) is 4.15. The summed E-state index contributed by atoms with van der Waals surface area (Å²) in [6.45, 7) is 1.89. The number of amides is 1. The summed E-state index contributed by atoms with van der Waals surface area (Å²) >= 11 is 0. The van der Waals surface area contributed by atoms with Gasteiger partial charge in [0.2, 0.25) is 0 Å². The Morgan fingerprint density at radius 3 is 2.78 bits per heavy atom. The molecule has 4 nitrogen and oxygen atoms in total. The summed E-state index contributed by atoms with van der Waals surface area (Å²) in [7, 11) is 1.72. The van der Waals surface area contributed by atoms with Crippen LogP contribution in [0.15, 0.2) is 42.7 Å². The van der Waals surface area contributed by atoms with Crippen molar-refractivity contribution in [2.24, 2.45) is 0 Å². The highest BCUT2D eigenvalue weighted by Crippen LogP contribution is 2.18. The number of hydrogen-bond donors (Lipinski definition) is 1. The first-order valence-corrected chi connectivity index (χ1v) is 5.64. The minimum absolute atomic E-state index is 0.0900. The fourth-order valence-electron chi connectivity index (χ4n) is 1.72. The smallest absolute Gasteiger partial charge is 0.258 e. The van der Waals surface area contributed by atoms with Crippen LogP contribution in [0.3, 0.4) is 0 Å². The van der Waals surface area contributed by atoms with E-state index in [4.69, 9.17) is 5.73 Å². The SMILES string of the molecule is Cc1ccc(N)cc1C(=O)N(C)c1cccnc1. The lowest BCUT2D eigenvalue weighted by Gasteiger charge is -2.18. The summed E-state index contributed by atoms with van der Waals surface area (Å²) in [4.78, 5) is 17.9. The minimum atomic E-state index is -0.0900. The zero-order valence-corrected chi connectivity index (χ0v) is 10.4. The largest absolute Gasteiger partial charge is 0.399 e. The predicted octanol–water partition coefficient (Wildman–Crippen LogP) is 2.25. The van der Waals surface area contributed by atoms with Crippen LogP contribution >= 0.6 is 0 Å². The van der Waals surface area contributed by atoms with Crippen LogP contribution in [-0.2, 0) is 0 Å². The highest BCUT2D eigenvalue weighted by atomic mass is 16.2. The zero-order valence-electron chi connectivity index (χ0n) is 10.4. The molecule has 1 aromatic heterocycles. The average molecular weight is 241 g/mol. The molecule has 0 saturated carbocycles. The Morgan fingerprint density at radius 1 is 1.33 bits per heavy atom. The van der Waals surface area contributed by atoms with Gasteiger partial charge in [-0.15, -0.1) is 0 Å². The number of carbonyl (C=O) groups is 1. The molecule has 0 aliphatic rings. The second-order valence-corrected chi connectivity index (χ2v) is 4.15. The van der Waals surface area contributed by atoms with E-state index in [-0.39, 0.29) is 5.91 Å². The first-order chi connectivity index (χ1) is 8.59. The van der Waals surface area contributed by atoms with Crippen LogP contribution in [0.25, 0.3) is 0 Å². The summed E-state index contributed by atoms with van der Waals surface area (Å²) in [5.41, 5.74) is 8.58. The topological polar surface area (TPSA) is 59.2 Å². The van der Waals surface area contributed by atoms with E-state index in [1.165, 1.54) is 0 Å². The summed E-state index contributed by atoms with van der Waals surface area (Å²) in [6.07, 6.45) is 3.33. The number of hydrogen-bond acceptors (Lipinski definition) is 3. The minimum Gasteiger partial charge on any atom is -0.399 e. The molecule has 0 radical (unpaired) electrons. The highest BCUT2D eigenvalue weighted by molar-refractivity contribution is 6.07. The van der Waals surface area contributed by atoms with E-state index in [0.717, 1.165) is 11.3 Å². The number of pyridine rings is 1. The van der Waals surface area contributed by atoms with Gasteiger partial charge in [0, 0.05) is 24.5 Å². The van der Waals surface area contributed by atoms with Crippen molar-refractivity contribution < 1.29 is 4.79 Å². The van der Waals surface area contributed by atoms with E-state index < -0.39 is 0 Å². The molecule has 18 heavy (non-hydrogen) atoms. The molecular weight excluding hydrogens is 226 g/mol. The van der Waals surface area contributed by atoms with Gasteiger partial charge >= 0.3 is 0 Å². The Bertz CT molecular complexity index is 567. The maximum Gasteiger partial charge on any atom is 0.258 e. The lowest BCUT2D eigenvalue weighted by atomic mass is 10.1. The van der Waals surface area contributed by atoms with Crippen molar-refractivity contribution in [1.82, 2.24) is 4.98 Å². The maximum atomic E-state index is 12.4. The van der Waals surface area contributed by atoms with Gasteiger partial charge in [-0.1, -0.05) is 6.07 Å². The fourth-order valence-corrected chi connectivity index (χ4v) is 1.72. The highest BCUT2D eigenvalue weighted by Gasteiger charge is 2.15. The normalized spacial score (nSPS) is 10.1. The van der Waals surface area contributed by atoms with Crippen molar-refractivity contribution in [2.75, 3.05) is 17.7 Å². The van der Waals surface area contributed by atoms with Gasteiger partial charge in [-0.2, -0.15) is 0 Å². The van der Waals surface area contributed by atoms with Gasteiger partial charge < -0.3 is 10.6 Å². The van der Waals surface area contributed by atoms with Gasteiger partial charge in [-0.3, -0.25) is 9.78 Å². The van der Waals surface area contributed by atoms with E-state index in [9.17, 15) is 4.79 Å². The quantitative estimate of drug-likeness (QED) is 0.820. The molecule has 4 heteroatoms. The Labute approximate surface area is 106 Å². The zero-order chi connectivity index (χ0) is 13.1. The van der Waals surface area contributed by atoms with Crippen molar-refractivity contribution in [3.8, 4) is 0 Å². The lowest BCUT2D eigenvalue weighted by molar-refractivity contribution is 0.0992. The third-order valence-electron chi connectivity index (χ3n) is 2.83. The molecule has 0 aliphatic heterocycles. The number of nitrogen functional groups attached to an aromatic ring is 1. The standard InChI is InChI=1S/C14H15N3O/c1-10-5-6-11(15)8-13(10)14(18)17(2)12-4-3-7-16-9-12/h3-9H,15H2,1-2H3. The number of aromatic nitrogens is 1. The fraction of sp³-hybridized carbons (Fsp3) is 0.143. The van der Waals surface area contributed by atoms with Gasteiger partial charge in [0.15, 0.2) is 0 Å². The first kappa shape index (κ1) is 12.1. The van der Waals surface area contributed by atoms with Gasteiger partial charge in [-0.05, 0) is 36.8 Å². The van der Waals surface area contributed by atoms with Crippen LogP contribution in [0.2, 0.25) is 0 Å². The van der Waals surface area contributed by atoms with Gasteiger partial charge in [-0.25, -0.2) is 0 Å². The van der Waals surface area contributed by atoms with Crippen LogP contribution in [0.4, 0.5) is 11.4 Å². The molecule has 0 unspecified atom stereocenters. The third kappa shape index (κ3) is 2.32. The predicted molar refractivity (Wildman–Crippen MR) is 72.6 cm³/mol. The number of rotatable bonds is 2. The molecule has 0 fully saturated rings. The maximum absolute atomic E-state index is 12.4. The lowest BCUT2D eigenvalue weighted by Crippen LogP contribution is -2.27. The number of nitrogens with zero attached hydrogens (tertiary/aromatic N) is 2. The Kier molecular flexibility index (Phi) is 3.28. The third-order valence-corrected chi connectivity index (χ3v) is 2.83. The van der Waals surface area contributed by atoms with E-state index in [1.54, 1.807) is 42.5 Å². The van der Waals surface area contributed by atoms with E-state index in [2.05, 4.69) is 4.98 Å². The van der Waals surface area contributed by atoms with E-state index >= 15 is 0 Å². The molecule has 2 N–H and O–H groups in total. The summed E-state index contributed by atoms with van der Waals surface area (Å²) in [6, 6.07) is 8.97. The molecule has 92 valence electrons. The van der Waals surface area contributed by atoms with Gasteiger partial charge in [0.1, 0.15) is 0 Å². The Hall–Kier alpha value is -2.36. The molecule has 1 aromatic carbocycles. The van der Waals surface area contributed by atoms with Crippen molar-refractivity contribution in [3.05, 3.63) is 53.9 Å². The van der Waals surface area contributed by atoms with Crippen LogP contribution in [-0.4, -0.2) is 17.9 Å². The molecule has 2 aromatic rings. The molecule has 0 spiro atoms. The van der Waals surface area contributed by atoms with Gasteiger partial charge in [0.25, 0.3) is 5.91 Å². The van der Waals surface area contributed by atoms with Crippen LogP contribution in [0.5, 0.6) is 0 Å². The van der Waals surface area contributed by atoms with Crippen molar-refractivity contribution in [1.29, 1.82) is 0 Å². The van der Waals surface area contributed by atoms with Crippen LogP contribution < -0.4 is 10.6 Å².